The predicted molar refractivity (Wildman–Crippen MR) is 94.0 cm³/mol. The highest BCUT2D eigenvalue weighted by atomic mass is 32.1. The van der Waals surface area contributed by atoms with Gasteiger partial charge in [-0.1, -0.05) is 29.5 Å². The monoisotopic (exact) mass is 358 g/mol. The van der Waals surface area contributed by atoms with Crippen molar-refractivity contribution in [3.63, 3.8) is 0 Å². The Labute approximate surface area is 149 Å². The molecular weight excluding hydrogens is 340 g/mol. The van der Waals surface area contributed by atoms with E-state index in [2.05, 4.69) is 20.7 Å². The van der Waals surface area contributed by atoms with Gasteiger partial charge in [0.15, 0.2) is 0 Å². The Hall–Kier alpha value is -2.74. The predicted octanol–water partition coefficient (Wildman–Crippen LogP) is 3.54. The van der Waals surface area contributed by atoms with Gasteiger partial charge in [0.25, 0.3) is 5.91 Å². The molecule has 1 N–H and O–H groups in total. The van der Waals surface area contributed by atoms with E-state index in [1.807, 2.05) is 20.8 Å². The molecule has 2 heterocycles. The van der Waals surface area contributed by atoms with Crippen molar-refractivity contribution in [2.75, 3.05) is 5.32 Å². The van der Waals surface area contributed by atoms with Crippen molar-refractivity contribution in [2.45, 2.75) is 33.8 Å². The van der Waals surface area contributed by atoms with Crippen molar-refractivity contribution in [2.24, 2.45) is 0 Å². The van der Waals surface area contributed by atoms with Gasteiger partial charge in [-0.3, -0.25) is 10.1 Å². The average Bonchev–Trinajstić information content (AvgIpc) is 3.20. The number of rotatable bonds is 6. The maximum Gasteiger partial charge on any atom is 0.257 e. The second-order valence-corrected chi connectivity index (χ2v) is 6.49. The van der Waals surface area contributed by atoms with Crippen molar-refractivity contribution < 1.29 is 14.1 Å². The lowest BCUT2D eigenvalue weighted by molar-refractivity contribution is 0.102. The van der Waals surface area contributed by atoms with Gasteiger partial charge in [-0.25, -0.2) is 0 Å². The maximum atomic E-state index is 12.4. The SMILES string of the molecule is CCc1nnc(NC(=O)c2cccc(OCc3c(C)noc3C)c2)s1. The number of nitrogens with zero attached hydrogens (tertiary/aromatic N) is 3. The van der Waals surface area contributed by atoms with Crippen LogP contribution in [0.4, 0.5) is 5.13 Å². The van der Waals surface area contributed by atoms with Gasteiger partial charge in [0.05, 0.1) is 11.3 Å². The van der Waals surface area contributed by atoms with Gasteiger partial charge in [-0.2, -0.15) is 0 Å². The zero-order valence-corrected chi connectivity index (χ0v) is 15.0. The smallest absolute Gasteiger partial charge is 0.257 e. The average molecular weight is 358 g/mol. The van der Waals surface area contributed by atoms with Crippen LogP contribution in [0.2, 0.25) is 0 Å². The molecule has 25 heavy (non-hydrogen) atoms. The van der Waals surface area contributed by atoms with Gasteiger partial charge in [-0.15, -0.1) is 10.2 Å². The second-order valence-electron chi connectivity index (χ2n) is 5.43. The first-order valence-electron chi connectivity index (χ1n) is 7.85. The van der Waals surface area contributed by atoms with Crippen molar-refractivity contribution in [1.29, 1.82) is 0 Å². The number of amides is 1. The highest BCUT2D eigenvalue weighted by Crippen LogP contribution is 2.20. The Morgan fingerprint density at radius 3 is 2.84 bits per heavy atom. The van der Waals surface area contributed by atoms with Crippen LogP contribution in [-0.2, 0) is 13.0 Å². The Kier molecular flexibility index (Phi) is 5.08. The molecule has 0 saturated heterocycles. The number of hydrogen-bond donors (Lipinski definition) is 1. The molecule has 0 unspecified atom stereocenters. The fourth-order valence-corrected chi connectivity index (χ4v) is 2.88. The highest BCUT2D eigenvalue weighted by Gasteiger charge is 2.12. The first-order valence-corrected chi connectivity index (χ1v) is 8.66. The van der Waals surface area contributed by atoms with Crippen LogP contribution in [0.25, 0.3) is 0 Å². The first kappa shape index (κ1) is 17.1. The van der Waals surface area contributed by atoms with Crippen LogP contribution in [0.5, 0.6) is 5.75 Å². The third-order valence-electron chi connectivity index (χ3n) is 3.65. The van der Waals surface area contributed by atoms with E-state index in [1.165, 1.54) is 11.3 Å². The van der Waals surface area contributed by atoms with E-state index in [1.54, 1.807) is 24.3 Å². The Balaban J connectivity index is 1.67. The van der Waals surface area contributed by atoms with Crippen molar-refractivity contribution >= 4 is 22.4 Å². The molecule has 2 aromatic heterocycles. The molecule has 0 aliphatic carbocycles. The Bertz CT molecular complexity index is 868. The summed E-state index contributed by atoms with van der Waals surface area (Å²) in [5.74, 6) is 1.08. The lowest BCUT2D eigenvalue weighted by Crippen LogP contribution is -2.11. The van der Waals surface area contributed by atoms with Gasteiger partial charge in [-0.05, 0) is 38.5 Å². The third kappa shape index (κ3) is 4.03. The number of benzene rings is 1. The fraction of sp³-hybridized carbons (Fsp3) is 0.294. The standard InChI is InChI=1S/C17H18N4O3S/c1-4-15-19-20-17(25-15)18-16(22)12-6-5-7-13(8-12)23-9-14-10(2)21-24-11(14)3/h5-8H,4,9H2,1-3H3,(H,18,20,22). The molecular formula is C17H18N4O3S. The minimum atomic E-state index is -0.249. The van der Waals surface area contributed by atoms with E-state index < -0.39 is 0 Å². The molecule has 0 saturated carbocycles. The Morgan fingerprint density at radius 1 is 1.32 bits per heavy atom. The van der Waals surface area contributed by atoms with Gasteiger partial charge in [0.2, 0.25) is 5.13 Å². The zero-order valence-electron chi connectivity index (χ0n) is 14.2. The van der Waals surface area contributed by atoms with E-state index in [4.69, 9.17) is 9.26 Å². The van der Waals surface area contributed by atoms with Crippen LogP contribution >= 0.6 is 11.3 Å². The fourth-order valence-electron chi connectivity index (χ4n) is 2.21. The molecule has 0 aliphatic heterocycles. The number of ether oxygens (including phenoxy) is 1. The van der Waals surface area contributed by atoms with Crippen LogP contribution in [0, 0.1) is 13.8 Å². The van der Waals surface area contributed by atoms with Crippen molar-refractivity contribution in [3.05, 3.63) is 51.9 Å². The van der Waals surface area contributed by atoms with Gasteiger partial charge >= 0.3 is 0 Å². The topological polar surface area (TPSA) is 90.1 Å². The number of aryl methyl sites for hydroxylation is 3. The number of nitrogens with one attached hydrogen (secondary N) is 1. The minimum Gasteiger partial charge on any atom is -0.489 e. The van der Waals surface area contributed by atoms with E-state index in [0.29, 0.717) is 23.1 Å². The number of carbonyl (C=O) groups excluding carboxylic acids is 1. The summed E-state index contributed by atoms with van der Waals surface area (Å²) >= 11 is 1.37. The van der Waals surface area contributed by atoms with Crippen LogP contribution in [0.1, 0.15) is 39.3 Å². The molecule has 0 aliphatic rings. The van der Waals surface area contributed by atoms with Gasteiger partial charge < -0.3 is 9.26 Å². The molecule has 8 heteroatoms. The lowest BCUT2D eigenvalue weighted by Gasteiger charge is -2.07. The van der Waals surface area contributed by atoms with E-state index in [0.717, 1.165) is 28.4 Å². The number of hydrogen-bond acceptors (Lipinski definition) is 7. The molecule has 0 spiro atoms. The first-order chi connectivity index (χ1) is 12.1. The van der Waals surface area contributed by atoms with E-state index >= 15 is 0 Å². The quantitative estimate of drug-likeness (QED) is 0.725. The van der Waals surface area contributed by atoms with Crippen molar-refractivity contribution in [1.82, 2.24) is 15.4 Å². The summed E-state index contributed by atoms with van der Waals surface area (Å²) in [6.07, 6.45) is 0.790. The summed E-state index contributed by atoms with van der Waals surface area (Å²) in [4.78, 5) is 12.4. The van der Waals surface area contributed by atoms with Crippen LogP contribution < -0.4 is 10.1 Å². The van der Waals surface area contributed by atoms with Gasteiger partial charge in [0.1, 0.15) is 23.1 Å². The molecule has 3 aromatic rings. The molecule has 1 aromatic carbocycles. The third-order valence-corrected chi connectivity index (χ3v) is 4.63. The van der Waals surface area contributed by atoms with Gasteiger partial charge in [0, 0.05) is 5.56 Å². The van der Waals surface area contributed by atoms with E-state index in [9.17, 15) is 4.79 Å². The molecule has 0 bridgehead atoms. The lowest BCUT2D eigenvalue weighted by atomic mass is 10.2. The summed E-state index contributed by atoms with van der Waals surface area (Å²) in [6.45, 7) is 6.04. The van der Waals surface area contributed by atoms with E-state index in [-0.39, 0.29) is 5.91 Å². The molecule has 130 valence electrons. The van der Waals surface area contributed by atoms with Crippen LogP contribution in [0.3, 0.4) is 0 Å². The Morgan fingerprint density at radius 2 is 2.16 bits per heavy atom. The molecule has 0 radical (unpaired) electrons. The zero-order chi connectivity index (χ0) is 17.8. The number of anilines is 1. The molecule has 7 nitrogen and oxygen atoms in total. The van der Waals surface area contributed by atoms with Crippen molar-refractivity contribution in [3.8, 4) is 5.75 Å². The maximum absolute atomic E-state index is 12.4. The normalized spacial score (nSPS) is 10.7. The van der Waals surface area contributed by atoms with Crippen LogP contribution in [-0.4, -0.2) is 21.3 Å². The molecule has 1 amide bonds. The molecule has 3 rings (SSSR count). The largest absolute Gasteiger partial charge is 0.489 e. The molecule has 0 fully saturated rings. The van der Waals surface area contributed by atoms with Crippen LogP contribution in [0.15, 0.2) is 28.8 Å². The number of carbonyl (C=O) groups is 1. The summed E-state index contributed by atoms with van der Waals surface area (Å²) < 4.78 is 10.9. The summed E-state index contributed by atoms with van der Waals surface area (Å²) in [5, 5.41) is 16.0. The summed E-state index contributed by atoms with van der Waals surface area (Å²) in [5.41, 5.74) is 2.20. The summed E-state index contributed by atoms with van der Waals surface area (Å²) in [7, 11) is 0. The molecule has 0 atom stereocenters. The number of aromatic nitrogens is 3. The minimum absolute atomic E-state index is 0.249. The second kappa shape index (κ2) is 7.43. The summed E-state index contributed by atoms with van der Waals surface area (Å²) in [6, 6.07) is 6.99. The highest BCUT2D eigenvalue weighted by molar-refractivity contribution is 7.15.